The molecule has 126 valence electrons. The van der Waals surface area contributed by atoms with Crippen LogP contribution < -0.4 is 4.90 Å². The van der Waals surface area contributed by atoms with Crippen molar-refractivity contribution >= 4 is 17.1 Å². The Kier molecular flexibility index (Phi) is 4.11. The van der Waals surface area contributed by atoms with Gasteiger partial charge in [-0.2, -0.15) is 0 Å². The highest BCUT2D eigenvalue weighted by molar-refractivity contribution is 5.67. The Balaban J connectivity index is 1.92. The highest BCUT2D eigenvalue weighted by Gasteiger charge is 2.29. The molecule has 0 saturated carbocycles. The van der Waals surface area contributed by atoms with E-state index in [0.29, 0.717) is 18.8 Å². The van der Waals surface area contributed by atoms with Gasteiger partial charge in [0.15, 0.2) is 0 Å². The molecule has 1 fully saturated rings. The maximum Gasteiger partial charge on any atom is 0.299 e. The lowest BCUT2D eigenvalue weighted by Gasteiger charge is -2.33. The number of piperidine rings is 1. The molecule has 1 saturated heterocycles. The molecule has 1 aromatic carbocycles. The zero-order valence-electron chi connectivity index (χ0n) is 13.0. The first-order chi connectivity index (χ1) is 11.5. The summed E-state index contributed by atoms with van der Waals surface area (Å²) in [5, 5.41) is 30.2. The predicted molar refractivity (Wildman–Crippen MR) is 84.9 cm³/mol. The second-order valence-electron chi connectivity index (χ2n) is 5.77. The number of aryl methyl sites for hydroxylation is 1. The lowest BCUT2D eigenvalue weighted by Crippen LogP contribution is -2.35. The van der Waals surface area contributed by atoms with Crippen LogP contribution in [-0.4, -0.2) is 37.7 Å². The summed E-state index contributed by atoms with van der Waals surface area (Å²) in [7, 11) is 1.86. The molecular weight excluding hydrogens is 316 g/mol. The molecule has 3 rings (SSSR count). The number of hydrogen-bond acceptors (Lipinski definition) is 7. The van der Waals surface area contributed by atoms with Gasteiger partial charge in [-0.1, -0.05) is 0 Å². The summed E-state index contributed by atoms with van der Waals surface area (Å²) < 4.78 is 1.85. The first-order valence-electron chi connectivity index (χ1n) is 7.49. The quantitative estimate of drug-likeness (QED) is 0.620. The standard InChI is InChI=1S/C14H16N6O4/c1-17-9-15-16-14(17)10-3-2-6-18(8-10)12-5-4-11(19(21)22)7-13(12)20(23)24/h4-5,7,9-10H,2-3,6,8H2,1H3. The minimum absolute atomic E-state index is 0.112. The van der Waals surface area contributed by atoms with Gasteiger partial charge in [0, 0.05) is 32.1 Å². The van der Waals surface area contributed by atoms with Gasteiger partial charge in [0.1, 0.15) is 17.8 Å². The third-order valence-electron chi connectivity index (χ3n) is 4.24. The zero-order chi connectivity index (χ0) is 17.3. The van der Waals surface area contributed by atoms with Crippen molar-refractivity contribution in [3.63, 3.8) is 0 Å². The zero-order valence-corrected chi connectivity index (χ0v) is 13.0. The molecule has 0 bridgehead atoms. The van der Waals surface area contributed by atoms with Crippen molar-refractivity contribution in [2.24, 2.45) is 7.05 Å². The summed E-state index contributed by atoms with van der Waals surface area (Å²) in [6.45, 7) is 1.22. The van der Waals surface area contributed by atoms with Crippen molar-refractivity contribution in [1.29, 1.82) is 0 Å². The van der Waals surface area contributed by atoms with Crippen molar-refractivity contribution in [3.05, 3.63) is 50.6 Å². The van der Waals surface area contributed by atoms with Crippen LogP contribution in [0.4, 0.5) is 17.1 Å². The monoisotopic (exact) mass is 332 g/mol. The molecule has 2 heterocycles. The van der Waals surface area contributed by atoms with Gasteiger partial charge in [0.05, 0.1) is 15.9 Å². The van der Waals surface area contributed by atoms with Crippen molar-refractivity contribution in [3.8, 4) is 0 Å². The number of nitro benzene ring substituents is 2. The summed E-state index contributed by atoms with van der Waals surface area (Å²) in [6, 6.07) is 3.77. The number of non-ortho nitro benzene ring substituents is 1. The molecule has 24 heavy (non-hydrogen) atoms. The molecule has 0 N–H and O–H groups in total. The van der Waals surface area contributed by atoms with Crippen LogP contribution >= 0.6 is 0 Å². The fourth-order valence-corrected chi connectivity index (χ4v) is 3.11. The maximum absolute atomic E-state index is 11.3. The van der Waals surface area contributed by atoms with Crippen LogP contribution in [0, 0.1) is 20.2 Å². The second kappa shape index (κ2) is 6.22. The van der Waals surface area contributed by atoms with Crippen molar-refractivity contribution in [2.75, 3.05) is 18.0 Å². The molecule has 1 unspecified atom stereocenters. The average Bonchev–Trinajstić information content (AvgIpc) is 3.00. The molecular formula is C14H16N6O4. The summed E-state index contributed by atoms with van der Waals surface area (Å²) in [5.41, 5.74) is -0.132. The van der Waals surface area contributed by atoms with Crippen LogP contribution in [-0.2, 0) is 7.05 Å². The number of rotatable bonds is 4. The molecule has 1 atom stereocenters. The topological polar surface area (TPSA) is 120 Å². The van der Waals surface area contributed by atoms with Gasteiger partial charge in [0.25, 0.3) is 11.4 Å². The van der Waals surface area contributed by atoms with E-state index in [0.717, 1.165) is 24.7 Å². The van der Waals surface area contributed by atoms with Crippen molar-refractivity contribution < 1.29 is 9.85 Å². The highest BCUT2D eigenvalue weighted by Crippen LogP contribution is 2.36. The average molecular weight is 332 g/mol. The smallest absolute Gasteiger partial charge is 0.299 e. The third-order valence-corrected chi connectivity index (χ3v) is 4.24. The van der Waals surface area contributed by atoms with E-state index in [-0.39, 0.29) is 17.3 Å². The maximum atomic E-state index is 11.3. The molecule has 0 aliphatic carbocycles. The van der Waals surface area contributed by atoms with Gasteiger partial charge < -0.3 is 9.47 Å². The molecule has 0 amide bonds. The Labute approximate surface area is 137 Å². The van der Waals surface area contributed by atoms with Gasteiger partial charge >= 0.3 is 0 Å². The summed E-state index contributed by atoms with van der Waals surface area (Å²) in [4.78, 5) is 22.9. The Bertz CT molecular complexity index is 789. The molecule has 10 heteroatoms. The van der Waals surface area contributed by atoms with E-state index in [9.17, 15) is 20.2 Å². The molecule has 0 spiro atoms. The van der Waals surface area contributed by atoms with E-state index in [1.54, 1.807) is 6.33 Å². The van der Waals surface area contributed by atoms with Gasteiger partial charge in [-0.3, -0.25) is 20.2 Å². The predicted octanol–water partition coefficient (Wildman–Crippen LogP) is 2.02. The van der Waals surface area contributed by atoms with E-state index in [1.807, 2.05) is 16.5 Å². The van der Waals surface area contributed by atoms with Gasteiger partial charge in [-0.05, 0) is 18.9 Å². The van der Waals surface area contributed by atoms with Crippen LogP contribution in [0.25, 0.3) is 0 Å². The number of nitro groups is 2. The molecule has 1 aliphatic rings. The number of aromatic nitrogens is 3. The summed E-state index contributed by atoms with van der Waals surface area (Å²) >= 11 is 0. The van der Waals surface area contributed by atoms with Crippen LogP contribution in [0.15, 0.2) is 24.5 Å². The van der Waals surface area contributed by atoms with Gasteiger partial charge in [0.2, 0.25) is 0 Å². The molecule has 2 aromatic rings. The summed E-state index contributed by atoms with van der Waals surface area (Å²) in [5.74, 6) is 0.949. The second-order valence-corrected chi connectivity index (χ2v) is 5.77. The Morgan fingerprint density at radius 3 is 2.67 bits per heavy atom. The first kappa shape index (κ1) is 15.8. The number of nitrogens with zero attached hydrogens (tertiary/aromatic N) is 6. The van der Waals surface area contributed by atoms with E-state index in [4.69, 9.17) is 0 Å². The van der Waals surface area contributed by atoms with Crippen LogP contribution in [0.1, 0.15) is 24.6 Å². The van der Waals surface area contributed by atoms with E-state index < -0.39 is 9.85 Å². The van der Waals surface area contributed by atoms with E-state index in [1.165, 1.54) is 12.1 Å². The lowest BCUT2D eigenvalue weighted by molar-refractivity contribution is -0.393. The first-order valence-corrected chi connectivity index (χ1v) is 7.49. The van der Waals surface area contributed by atoms with Gasteiger partial charge in [-0.25, -0.2) is 0 Å². The normalized spacial score (nSPS) is 17.7. The molecule has 10 nitrogen and oxygen atoms in total. The minimum Gasteiger partial charge on any atom is -0.365 e. The SMILES string of the molecule is Cn1cnnc1C1CCCN(c2ccc([N+](=O)[O-])cc2[N+](=O)[O-])C1. The summed E-state index contributed by atoms with van der Waals surface area (Å²) in [6.07, 6.45) is 3.40. The largest absolute Gasteiger partial charge is 0.365 e. The number of anilines is 1. The van der Waals surface area contributed by atoms with Crippen molar-refractivity contribution in [1.82, 2.24) is 14.8 Å². The fourth-order valence-electron chi connectivity index (χ4n) is 3.11. The Morgan fingerprint density at radius 2 is 2.04 bits per heavy atom. The number of benzene rings is 1. The van der Waals surface area contributed by atoms with E-state index in [2.05, 4.69) is 10.2 Å². The lowest BCUT2D eigenvalue weighted by atomic mass is 9.96. The number of hydrogen-bond donors (Lipinski definition) is 0. The van der Waals surface area contributed by atoms with Crippen LogP contribution in [0.5, 0.6) is 0 Å². The molecule has 1 aromatic heterocycles. The molecule has 1 aliphatic heterocycles. The van der Waals surface area contributed by atoms with Crippen LogP contribution in [0.2, 0.25) is 0 Å². The van der Waals surface area contributed by atoms with Crippen LogP contribution in [0.3, 0.4) is 0 Å². The van der Waals surface area contributed by atoms with Crippen molar-refractivity contribution in [2.45, 2.75) is 18.8 Å². The third kappa shape index (κ3) is 2.90. The molecule has 0 radical (unpaired) electrons. The highest BCUT2D eigenvalue weighted by atomic mass is 16.6. The Morgan fingerprint density at radius 1 is 1.25 bits per heavy atom. The van der Waals surface area contributed by atoms with Gasteiger partial charge in [-0.15, -0.1) is 10.2 Å². The Hall–Kier alpha value is -3.04. The fraction of sp³-hybridized carbons (Fsp3) is 0.429. The minimum atomic E-state index is -0.630. The van der Waals surface area contributed by atoms with E-state index >= 15 is 0 Å².